The van der Waals surface area contributed by atoms with Crippen molar-refractivity contribution >= 4 is 17.7 Å². The molecule has 7 nitrogen and oxygen atoms in total. The molecule has 124 valence electrons. The molecule has 0 unspecified atom stereocenters. The highest BCUT2D eigenvalue weighted by Crippen LogP contribution is 2.25. The molecule has 0 aliphatic heterocycles. The maximum absolute atomic E-state index is 11.8. The van der Waals surface area contributed by atoms with E-state index in [1.807, 2.05) is 54.6 Å². The lowest BCUT2D eigenvalue weighted by atomic mass is 10.0. The predicted octanol–water partition coefficient (Wildman–Crippen LogP) is 1.81. The monoisotopic (exact) mass is 332 g/mol. The second-order valence-electron chi connectivity index (χ2n) is 5.28. The number of guanidine groups is 1. The quantitative estimate of drug-likeness (QED) is 0.495. The third-order valence-electron chi connectivity index (χ3n) is 3.50. The van der Waals surface area contributed by atoms with E-state index in [0.29, 0.717) is 5.69 Å². The first-order valence-electron chi connectivity index (χ1n) is 7.47. The summed E-state index contributed by atoms with van der Waals surface area (Å²) in [6, 6.07) is 17.8. The summed E-state index contributed by atoms with van der Waals surface area (Å²) >= 11 is 0. The van der Waals surface area contributed by atoms with Gasteiger partial charge in [-0.25, -0.2) is 9.97 Å². The Balaban J connectivity index is 1.97. The third kappa shape index (κ3) is 3.61. The number of hydrogen-bond acceptors (Lipinski definition) is 4. The molecule has 0 aliphatic rings. The van der Waals surface area contributed by atoms with Gasteiger partial charge in [0.15, 0.2) is 17.5 Å². The summed E-state index contributed by atoms with van der Waals surface area (Å²) in [5, 5.41) is 0. The van der Waals surface area contributed by atoms with Crippen LogP contribution in [0.2, 0.25) is 0 Å². The highest BCUT2D eigenvalue weighted by atomic mass is 16.1. The molecular formula is C18H16N6O. The maximum Gasteiger partial charge on any atom is 0.302 e. The Morgan fingerprint density at radius 2 is 1.60 bits per heavy atom. The number of rotatable bonds is 3. The van der Waals surface area contributed by atoms with Gasteiger partial charge >= 0.3 is 5.91 Å². The number of carbonyl (C=O) groups excluding carboxylic acids is 1. The molecule has 0 saturated carbocycles. The van der Waals surface area contributed by atoms with Crippen LogP contribution in [-0.2, 0) is 0 Å². The van der Waals surface area contributed by atoms with Crippen LogP contribution in [0.4, 0.5) is 5.82 Å². The number of aliphatic imine (C=N–C) groups is 1. The van der Waals surface area contributed by atoms with Gasteiger partial charge in [-0.05, 0) is 17.2 Å². The number of aromatic nitrogens is 2. The largest absolute Gasteiger partial charge is 0.382 e. The van der Waals surface area contributed by atoms with Gasteiger partial charge in [-0.1, -0.05) is 48.5 Å². The van der Waals surface area contributed by atoms with E-state index in [-0.39, 0.29) is 17.5 Å². The molecule has 3 aromatic rings. The molecule has 0 spiro atoms. The zero-order chi connectivity index (χ0) is 17.8. The van der Waals surface area contributed by atoms with Crippen molar-refractivity contribution in [3.05, 3.63) is 66.5 Å². The molecule has 0 fully saturated rings. The SMILES string of the molecule is NC(N)=NC(=O)c1ncc(-c2cccc(-c3ccccc3)c2)nc1N. The smallest absolute Gasteiger partial charge is 0.302 e. The highest BCUT2D eigenvalue weighted by Gasteiger charge is 2.14. The minimum Gasteiger partial charge on any atom is -0.382 e. The second kappa shape index (κ2) is 6.79. The van der Waals surface area contributed by atoms with Crippen molar-refractivity contribution in [2.24, 2.45) is 16.5 Å². The molecule has 0 atom stereocenters. The Bertz CT molecular complexity index is 949. The van der Waals surface area contributed by atoms with E-state index >= 15 is 0 Å². The van der Waals surface area contributed by atoms with Crippen molar-refractivity contribution in [3.63, 3.8) is 0 Å². The summed E-state index contributed by atoms with van der Waals surface area (Å²) in [6.07, 6.45) is 1.47. The normalized spacial score (nSPS) is 10.2. The fraction of sp³-hybridized carbons (Fsp3) is 0. The number of benzene rings is 2. The Hall–Kier alpha value is -3.74. The summed E-state index contributed by atoms with van der Waals surface area (Å²) in [7, 11) is 0. The minimum absolute atomic E-state index is 0.0300. The molecule has 3 rings (SSSR count). The summed E-state index contributed by atoms with van der Waals surface area (Å²) < 4.78 is 0. The number of nitrogen functional groups attached to an aromatic ring is 1. The first-order valence-corrected chi connectivity index (χ1v) is 7.47. The highest BCUT2D eigenvalue weighted by molar-refractivity contribution is 6.03. The molecule has 0 radical (unpaired) electrons. The van der Waals surface area contributed by atoms with E-state index in [1.54, 1.807) is 0 Å². The Kier molecular flexibility index (Phi) is 4.38. The van der Waals surface area contributed by atoms with Crippen molar-refractivity contribution in [1.29, 1.82) is 0 Å². The Labute approximate surface area is 144 Å². The molecule has 7 heteroatoms. The predicted molar refractivity (Wildman–Crippen MR) is 97.5 cm³/mol. The number of hydrogen-bond donors (Lipinski definition) is 3. The van der Waals surface area contributed by atoms with Gasteiger partial charge in [0, 0.05) is 5.56 Å². The Morgan fingerprint density at radius 3 is 2.28 bits per heavy atom. The van der Waals surface area contributed by atoms with E-state index < -0.39 is 5.91 Å². The van der Waals surface area contributed by atoms with Crippen molar-refractivity contribution in [2.75, 3.05) is 5.73 Å². The van der Waals surface area contributed by atoms with Gasteiger partial charge in [0.2, 0.25) is 0 Å². The average Bonchev–Trinajstić information content (AvgIpc) is 2.62. The van der Waals surface area contributed by atoms with Gasteiger partial charge in [-0.2, -0.15) is 4.99 Å². The first-order chi connectivity index (χ1) is 12.0. The van der Waals surface area contributed by atoms with Crippen molar-refractivity contribution in [3.8, 4) is 22.4 Å². The number of nitrogens with two attached hydrogens (primary N) is 3. The summed E-state index contributed by atoms with van der Waals surface area (Å²) in [6.45, 7) is 0. The molecular weight excluding hydrogens is 316 g/mol. The third-order valence-corrected chi connectivity index (χ3v) is 3.50. The molecule has 25 heavy (non-hydrogen) atoms. The molecule has 0 saturated heterocycles. The van der Waals surface area contributed by atoms with Crippen LogP contribution in [0.3, 0.4) is 0 Å². The van der Waals surface area contributed by atoms with Gasteiger partial charge in [-0.15, -0.1) is 0 Å². The number of carbonyl (C=O) groups is 1. The van der Waals surface area contributed by atoms with Gasteiger partial charge in [-0.3, -0.25) is 4.79 Å². The van der Waals surface area contributed by atoms with Gasteiger partial charge in [0.25, 0.3) is 0 Å². The molecule has 6 N–H and O–H groups in total. The Morgan fingerprint density at radius 1 is 0.920 bits per heavy atom. The van der Waals surface area contributed by atoms with Crippen molar-refractivity contribution in [2.45, 2.75) is 0 Å². The lowest BCUT2D eigenvalue weighted by molar-refractivity contribution is 0.0998. The van der Waals surface area contributed by atoms with E-state index in [1.165, 1.54) is 6.20 Å². The topological polar surface area (TPSA) is 133 Å². The van der Waals surface area contributed by atoms with Crippen LogP contribution >= 0.6 is 0 Å². The zero-order valence-electron chi connectivity index (χ0n) is 13.3. The lowest BCUT2D eigenvalue weighted by Crippen LogP contribution is -2.24. The summed E-state index contributed by atoms with van der Waals surface area (Å²) in [5.74, 6) is -1.11. The van der Waals surface area contributed by atoms with Crippen molar-refractivity contribution in [1.82, 2.24) is 9.97 Å². The van der Waals surface area contributed by atoms with Crippen molar-refractivity contribution < 1.29 is 4.79 Å². The average molecular weight is 332 g/mol. The van der Waals surface area contributed by atoms with Crippen LogP contribution in [0.1, 0.15) is 10.5 Å². The van der Waals surface area contributed by atoms with Crippen LogP contribution < -0.4 is 17.2 Å². The lowest BCUT2D eigenvalue weighted by Gasteiger charge is -2.07. The van der Waals surface area contributed by atoms with Crippen LogP contribution in [0.5, 0.6) is 0 Å². The summed E-state index contributed by atoms with van der Waals surface area (Å²) in [4.78, 5) is 23.6. The molecule has 0 aliphatic carbocycles. The van der Waals surface area contributed by atoms with Gasteiger partial charge in [0.1, 0.15) is 0 Å². The van der Waals surface area contributed by atoms with Gasteiger partial charge < -0.3 is 17.2 Å². The van der Waals surface area contributed by atoms with E-state index in [9.17, 15) is 4.79 Å². The zero-order valence-corrected chi connectivity index (χ0v) is 13.3. The second-order valence-corrected chi connectivity index (χ2v) is 5.28. The maximum atomic E-state index is 11.8. The minimum atomic E-state index is -0.727. The number of amides is 1. The summed E-state index contributed by atoms with van der Waals surface area (Å²) in [5.41, 5.74) is 19.7. The van der Waals surface area contributed by atoms with Crippen LogP contribution in [-0.4, -0.2) is 21.8 Å². The van der Waals surface area contributed by atoms with Crippen LogP contribution in [0, 0.1) is 0 Å². The molecule has 1 aromatic heterocycles. The molecule has 0 bridgehead atoms. The fourth-order valence-corrected chi connectivity index (χ4v) is 2.37. The van der Waals surface area contributed by atoms with Crippen LogP contribution in [0.25, 0.3) is 22.4 Å². The molecule has 1 heterocycles. The van der Waals surface area contributed by atoms with E-state index in [0.717, 1.165) is 16.7 Å². The van der Waals surface area contributed by atoms with E-state index in [4.69, 9.17) is 17.2 Å². The molecule has 2 aromatic carbocycles. The van der Waals surface area contributed by atoms with E-state index in [2.05, 4.69) is 15.0 Å². The standard InChI is InChI=1S/C18H16N6O/c19-16-15(17(25)24-18(20)21)22-10-14(23-16)13-8-4-7-12(9-13)11-5-2-1-3-6-11/h1-10H,(H2,19,23)(H4,20,21,24,25). The van der Waals surface area contributed by atoms with Gasteiger partial charge in [0.05, 0.1) is 11.9 Å². The van der Waals surface area contributed by atoms with Crippen LogP contribution in [0.15, 0.2) is 65.8 Å². The molecule has 1 amide bonds. The first kappa shape index (κ1) is 16.1. The fourth-order valence-electron chi connectivity index (χ4n) is 2.37. The number of anilines is 1. The number of nitrogens with zero attached hydrogens (tertiary/aromatic N) is 3.